The van der Waals surface area contributed by atoms with E-state index in [-0.39, 0.29) is 26.7 Å². The van der Waals surface area contributed by atoms with E-state index >= 15 is 0 Å². The first kappa shape index (κ1) is 32.5. The maximum Gasteiger partial charge on any atom is 0.337 e. The number of unbranched alkanes of at least 4 members (excludes halogenated alkanes) is 3. The van der Waals surface area contributed by atoms with Crippen molar-refractivity contribution in [1.29, 1.82) is 0 Å². The van der Waals surface area contributed by atoms with Crippen molar-refractivity contribution in [2.45, 2.75) is 90.9 Å². The van der Waals surface area contributed by atoms with Crippen molar-refractivity contribution < 1.29 is 24.5 Å². The molecule has 3 aromatic rings. The summed E-state index contributed by atoms with van der Waals surface area (Å²) >= 11 is 13.6. The molecule has 3 aliphatic heterocycles. The van der Waals surface area contributed by atoms with Crippen molar-refractivity contribution in [1.82, 2.24) is 0 Å². The van der Waals surface area contributed by atoms with Gasteiger partial charge in [0.2, 0.25) is 0 Å². The SMILES string of the molecule is C=c1c(CCCCC)cc2c(c1CCCC)Oc1c(cc3c4c1CCCN4CCCC3)C=2c1c(Cl)c(C(=O)O)cc(Cl)c1C(=O)O. The molecule has 0 radical (unpaired) electrons. The van der Waals surface area contributed by atoms with E-state index in [1.165, 1.54) is 11.3 Å². The summed E-state index contributed by atoms with van der Waals surface area (Å²) < 4.78 is 7.05. The minimum atomic E-state index is -1.28. The first-order valence-electron chi connectivity index (χ1n) is 16.7. The van der Waals surface area contributed by atoms with Crippen LogP contribution in [0, 0.1) is 0 Å². The Hall–Kier alpha value is -3.48. The minimum Gasteiger partial charge on any atom is -0.478 e. The van der Waals surface area contributed by atoms with Crippen LogP contribution in [0.4, 0.5) is 5.69 Å². The summed E-state index contributed by atoms with van der Waals surface area (Å²) in [6, 6.07) is 5.36. The van der Waals surface area contributed by atoms with Crippen molar-refractivity contribution in [3.8, 4) is 11.5 Å². The Morgan fingerprint density at radius 3 is 2.39 bits per heavy atom. The number of carboxylic acid groups (broad SMARTS) is 2. The quantitative estimate of drug-likeness (QED) is 0.166. The van der Waals surface area contributed by atoms with Gasteiger partial charge in [-0.25, -0.2) is 9.59 Å². The molecule has 0 saturated heterocycles. The summed E-state index contributed by atoms with van der Waals surface area (Å²) in [7, 11) is 0. The predicted molar refractivity (Wildman–Crippen MR) is 185 cm³/mol. The first-order valence-corrected chi connectivity index (χ1v) is 17.4. The highest BCUT2D eigenvalue weighted by Gasteiger charge is 2.36. The number of hydrogen-bond donors (Lipinski definition) is 2. The summed E-state index contributed by atoms with van der Waals surface area (Å²) in [5, 5.41) is 22.1. The zero-order chi connectivity index (χ0) is 32.7. The summed E-state index contributed by atoms with van der Waals surface area (Å²) in [5.41, 5.74) is 6.63. The van der Waals surface area contributed by atoms with Crippen LogP contribution in [0.1, 0.15) is 119 Å². The maximum atomic E-state index is 12.9. The van der Waals surface area contributed by atoms with Gasteiger partial charge in [-0.1, -0.05) is 62.9 Å². The normalized spacial score (nSPS) is 15.0. The van der Waals surface area contributed by atoms with Gasteiger partial charge in [0.15, 0.2) is 0 Å². The lowest BCUT2D eigenvalue weighted by atomic mass is 9.82. The van der Waals surface area contributed by atoms with E-state index in [0.29, 0.717) is 22.3 Å². The topological polar surface area (TPSA) is 87.1 Å². The van der Waals surface area contributed by atoms with Crippen molar-refractivity contribution in [3.63, 3.8) is 0 Å². The van der Waals surface area contributed by atoms with Crippen LogP contribution in [-0.4, -0.2) is 35.2 Å². The molecule has 6 nitrogen and oxygen atoms in total. The number of anilines is 1. The van der Waals surface area contributed by atoms with Crippen molar-refractivity contribution >= 4 is 53.0 Å². The van der Waals surface area contributed by atoms with Crippen LogP contribution in [0.5, 0.6) is 11.5 Å². The van der Waals surface area contributed by atoms with Gasteiger partial charge in [-0.15, -0.1) is 0 Å². The third-order valence-corrected chi connectivity index (χ3v) is 10.5. The molecule has 242 valence electrons. The van der Waals surface area contributed by atoms with Crippen LogP contribution in [0.15, 0.2) is 18.2 Å². The Labute approximate surface area is 280 Å². The molecule has 8 heteroatoms. The second-order valence-corrected chi connectivity index (χ2v) is 13.6. The predicted octanol–water partition coefficient (Wildman–Crippen LogP) is 8.32. The zero-order valence-electron chi connectivity index (χ0n) is 26.7. The average molecular weight is 663 g/mol. The van der Waals surface area contributed by atoms with Gasteiger partial charge in [-0.05, 0) is 92.3 Å². The highest BCUT2D eigenvalue weighted by atomic mass is 35.5. The number of benzene rings is 3. The fourth-order valence-corrected chi connectivity index (χ4v) is 8.17. The van der Waals surface area contributed by atoms with Gasteiger partial charge in [0.05, 0.1) is 21.2 Å². The Kier molecular flexibility index (Phi) is 9.40. The number of hydrogen-bond acceptors (Lipinski definition) is 4. The molecule has 3 heterocycles. The van der Waals surface area contributed by atoms with Crippen molar-refractivity contribution in [2.24, 2.45) is 0 Å². The number of aryl methyl sites for hydroxylation is 2. The van der Waals surface area contributed by atoms with Gasteiger partial charge < -0.3 is 19.8 Å². The average Bonchev–Trinajstić information content (AvgIpc) is 3.24. The molecule has 3 aliphatic rings. The van der Waals surface area contributed by atoms with Crippen molar-refractivity contribution in [2.75, 3.05) is 18.0 Å². The van der Waals surface area contributed by atoms with E-state index in [2.05, 4.69) is 37.5 Å². The summed E-state index contributed by atoms with van der Waals surface area (Å²) in [6.45, 7) is 10.9. The number of ether oxygens (including phenoxy) is 1. The van der Waals surface area contributed by atoms with E-state index < -0.39 is 11.9 Å². The number of carboxylic acids is 2. The lowest BCUT2D eigenvalue weighted by Crippen LogP contribution is -2.32. The van der Waals surface area contributed by atoms with Gasteiger partial charge >= 0.3 is 11.9 Å². The molecule has 0 fully saturated rings. The molecule has 0 amide bonds. The summed E-state index contributed by atoms with van der Waals surface area (Å²) in [5.74, 6) is -1.19. The Morgan fingerprint density at radius 2 is 1.67 bits per heavy atom. The molecule has 0 atom stereocenters. The van der Waals surface area contributed by atoms with E-state index in [4.69, 9.17) is 27.9 Å². The van der Waals surface area contributed by atoms with Gasteiger partial charge in [0, 0.05) is 51.8 Å². The molecule has 2 N–H and O–H groups in total. The molecule has 6 rings (SSSR count). The Balaban J connectivity index is 1.81. The van der Waals surface area contributed by atoms with Crippen LogP contribution in [-0.2, 0) is 25.7 Å². The molecule has 0 aliphatic carbocycles. The molecule has 3 aromatic carbocycles. The minimum absolute atomic E-state index is 0.121. The van der Waals surface area contributed by atoms with Gasteiger partial charge in [-0.2, -0.15) is 0 Å². The molecule has 0 unspecified atom stereocenters. The fraction of sp³-hybridized carbons (Fsp3) is 0.421. The van der Waals surface area contributed by atoms with Gasteiger partial charge in [0.1, 0.15) is 11.5 Å². The standard InChI is InChI=1S/C38H41Cl2NO5/c1-4-6-8-12-22-18-26-30(32-31(38(44)45)29(39)20-28(33(32)40)37(42)43)27-19-23-13-9-10-16-41-17-11-15-25(34(23)41)36(27)46-35(26)24(21(22)3)14-7-5-2/h18-20H,3-17H2,1-2H3,(H,42,43)(H,44,45). The largest absolute Gasteiger partial charge is 0.478 e. The third-order valence-electron chi connectivity index (χ3n) is 9.79. The zero-order valence-corrected chi connectivity index (χ0v) is 28.2. The van der Waals surface area contributed by atoms with Crippen LogP contribution >= 0.6 is 23.2 Å². The number of rotatable bonds is 10. The van der Waals surface area contributed by atoms with E-state index in [9.17, 15) is 19.8 Å². The first-order chi connectivity index (χ1) is 22.2. The molecule has 0 aromatic heterocycles. The fourth-order valence-electron chi connectivity index (χ4n) is 7.56. The van der Waals surface area contributed by atoms with E-state index in [1.807, 2.05) is 0 Å². The Morgan fingerprint density at radius 1 is 0.913 bits per heavy atom. The number of fused-ring (bicyclic) bond motifs is 3. The van der Waals surface area contributed by atoms with E-state index in [1.54, 1.807) is 0 Å². The van der Waals surface area contributed by atoms with Gasteiger partial charge in [0.25, 0.3) is 0 Å². The second kappa shape index (κ2) is 13.3. The smallest absolute Gasteiger partial charge is 0.337 e. The van der Waals surface area contributed by atoms with Crippen LogP contribution in [0.2, 0.25) is 10.0 Å². The molecular weight excluding hydrogens is 621 g/mol. The molecule has 0 saturated carbocycles. The highest BCUT2D eigenvalue weighted by molar-refractivity contribution is 6.39. The molecular formula is C38H41Cl2NO5. The third kappa shape index (κ3) is 5.58. The maximum absolute atomic E-state index is 12.9. The summed E-state index contributed by atoms with van der Waals surface area (Å²) in [4.78, 5) is 27.9. The number of nitrogens with zero attached hydrogens (tertiary/aromatic N) is 1. The lowest BCUT2D eigenvalue weighted by molar-refractivity contribution is 0.0681. The van der Waals surface area contributed by atoms with E-state index in [0.717, 1.165) is 124 Å². The number of aromatic carboxylic acids is 2. The van der Waals surface area contributed by atoms with Crippen LogP contribution in [0.3, 0.4) is 0 Å². The number of halogens is 2. The van der Waals surface area contributed by atoms with Crippen LogP contribution in [0.25, 0.3) is 12.2 Å². The second-order valence-electron chi connectivity index (χ2n) is 12.8. The Bertz CT molecular complexity index is 1860. The monoisotopic (exact) mass is 661 g/mol. The number of carbonyl (C=O) groups is 2. The van der Waals surface area contributed by atoms with Crippen molar-refractivity contribution in [3.05, 3.63) is 83.2 Å². The van der Waals surface area contributed by atoms with Crippen LogP contribution < -0.4 is 20.1 Å². The molecule has 0 spiro atoms. The summed E-state index contributed by atoms with van der Waals surface area (Å²) in [6.07, 6.45) is 11.5. The molecule has 0 bridgehead atoms. The molecule has 46 heavy (non-hydrogen) atoms. The van der Waals surface area contributed by atoms with Gasteiger partial charge in [-0.3, -0.25) is 0 Å². The lowest BCUT2D eigenvalue weighted by Gasteiger charge is -2.36. The highest BCUT2D eigenvalue weighted by Crippen LogP contribution is 2.50.